The van der Waals surface area contributed by atoms with Crippen LogP contribution in [0.25, 0.3) is 5.69 Å². The molecule has 0 aliphatic rings. The predicted molar refractivity (Wildman–Crippen MR) is 101 cm³/mol. The van der Waals surface area contributed by atoms with Crippen molar-refractivity contribution in [2.24, 2.45) is 0 Å². The summed E-state index contributed by atoms with van der Waals surface area (Å²) in [5, 5.41) is 4.84. The lowest BCUT2D eigenvalue weighted by molar-refractivity contribution is 0.0472. The smallest absolute Gasteiger partial charge is 0.338 e. The topological polar surface area (TPSA) is 61.2 Å². The van der Waals surface area contributed by atoms with Crippen LogP contribution >= 0.6 is 11.6 Å². The van der Waals surface area contributed by atoms with E-state index in [1.165, 1.54) is 0 Å². The molecule has 1 atom stereocenters. The third kappa shape index (κ3) is 3.86. The molecule has 0 bridgehead atoms. The van der Waals surface area contributed by atoms with Gasteiger partial charge in [-0.05, 0) is 43.3 Å². The summed E-state index contributed by atoms with van der Waals surface area (Å²) >= 11 is 6.42. The minimum atomic E-state index is -1.09. The van der Waals surface area contributed by atoms with E-state index in [9.17, 15) is 9.00 Å². The SMILES string of the molecule is Cc1nn(-c2ccccc2)c(Cl)c1COC(=O)c1ccc(S(C)=O)cc1. The van der Waals surface area contributed by atoms with Gasteiger partial charge in [-0.3, -0.25) is 4.21 Å². The van der Waals surface area contributed by atoms with Crippen molar-refractivity contribution in [1.82, 2.24) is 9.78 Å². The van der Waals surface area contributed by atoms with Crippen molar-refractivity contribution in [3.8, 4) is 5.69 Å². The van der Waals surface area contributed by atoms with Gasteiger partial charge < -0.3 is 4.74 Å². The number of aromatic nitrogens is 2. The van der Waals surface area contributed by atoms with Crippen molar-refractivity contribution in [2.75, 3.05) is 6.26 Å². The molecule has 3 aromatic rings. The average molecular weight is 389 g/mol. The Bertz CT molecular complexity index is 953. The molecule has 3 rings (SSSR count). The Kier molecular flexibility index (Phi) is 5.54. The number of esters is 1. The van der Waals surface area contributed by atoms with Crippen LogP contribution in [-0.2, 0) is 22.1 Å². The van der Waals surface area contributed by atoms with E-state index in [4.69, 9.17) is 16.3 Å². The summed E-state index contributed by atoms with van der Waals surface area (Å²) in [6.45, 7) is 1.84. The number of hydrogen-bond acceptors (Lipinski definition) is 4. The number of aryl methyl sites for hydroxylation is 1. The molecule has 0 N–H and O–H groups in total. The lowest BCUT2D eigenvalue weighted by Gasteiger charge is -2.06. The highest BCUT2D eigenvalue weighted by molar-refractivity contribution is 7.84. The molecule has 0 aliphatic carbocycles. The molecular formula is C19H17ClN2O3S. The van der Waals surface area contributed by atoms with E-state index in [0.717, 1.165) is 5.69 Å². The Morgan fingerprint density at radius 2 is 1.81 bits per heavy atom. The number of halogens is 1. The molecule has 1 aromatic heterocycles. The number of carbonyl (C=O) groups excluding carboxylic acids is 1. The Morgan fingerprint density at radius 3 is 2.42 bits per heavy atom. The minimum Gasteiger partial charge on any atom is -0.457 e. The first kappa shape index (κ1) is 18.4. The molecule has 134 valence electrons. The lowest BCUT2D eigenvalue weighted by atomic mass is 10.2. The molecule has 0 spiro atoms. The number of hydrogen-bond donors (Lipinski definition) is 0. The van der Waals surface area contributed by atoms with Gasteiger partial charge in [-0.15, -0.1) is 0 Å². The van der Waals surface area contributed by atoms with Crippen LogP contribution in [0.2, 0.25) is 5.15 Å². The average Bonchev–Trinajstić information content (AvgIpc) is 2.94. The quantitative estimate of drug-likeness (QED) is 0.621. The van der Waals surface area contributed by atoms with Gasteiger partial charge in [-0.25, -0.2) is 9.48 Å². The largest absolute Gasteiger partial charge is 0.457 e. The number of carbonyl (C=O) groups is 1. The van der Waals surface area contributed by atoms with E-state index >= 15 is 0 Å². The highest BCUT2D eigenvalue weighted by Crippen LogP contribution is 2.24. The molecule has 7 heteroatoms. The third-order valence-corrected chi connectivity index (χ3v) is 5.22. The second-order valence-corrected chi connectivity index (χ2v) is 7.39. The Labute approximate surface area is 159 Å². The van der Waals surface area contributed by atoms with Gasteiger partial charge in [0.1, 0.15) is 11.8 Å². The fourth-order valence-electron chi connectivity index (χ4n) is 2.44. The van der Waals surface area contributed by atoms with Gasteiger partial charge in [-0.2, -0.15) is 5.10 Å². The molecule has 5 nitrogen and oxygen atoms in total. The zero-order valence-electron chi connectivity index (χ0n) is 14.3. The fraction of sp³-hybridized carbons (Fsp3) is 0.158. The van der Waals surface area contributed by atoms with Crippen LogP contribution in [0.1, 0.15) is 21.6 Å². The van der Waals surface area contributed by atoms with Gasteiger partial charge in [0.25, 0.3) is 0 Å². The second-order valence-electron chi connectivity index (χ2n) is 5.66. The standard InChI is InChI=1S/C19H17ClN2O3S/c1-13-17(18(20)22(21-13)15-6-4-3-5-7-15)12-25-19(23)14-8-10-16(11-9-14)26(2)24/h3-11H,12H2,1-2H3. The van der Waals surface area contributed by atoms with E-state index in [1.54, 1.807) is 35.2 Å². The molecule has 0 radical (unpaired) electrons. The highest BCUT2D eigenvalue weighted by Gasteiger charge is 2.17. The monoisotopic (exact) mass is 388 g/mol. The molecule has 0 saturated heterocycles. The summed E-state index contributed by atoms with van der Waals surface area (Å²) in [5.41, 5.74) is 2.59. The van der Waals surface area contributed by atoms with Crippen molar-refractivity contribution < 1.29 is 13.7 Å². The summed E-state index contributed by atoms with van der Waals surface area (Å²) < 4.78 is 18.4. The third-order valence-electron chi connectivity index (χ3n) is 3.89. The van der Waals surface area contributed by atoms with Crippen LogP contribution in [-0.4, -0.2) is 26.2 Å². The van der Waals surface area contributed by atoms with Crippen LogP contribution in [0.3, 0.4) is 0 Å². The normalized spacial score (nSPS) is 12.0. The lowest BCUT2D eigenvalue weighted by Crippen LogP contribution is -2.06. The first-order valence-electron chi connectivity index (χ1n) is 7.87. The number of nitrogens with zero attached hydrogens (tertiary/aromatic N) is 2. The summed E-state index contributed by atoms with van der Waals surface area (Å²) in [5.74, 6) is -0.471. The van der Waals surface area contributed by atoms with Gasteiger partial charge in [0, 0.05) is 27.5 Å². The minimum absolute atomic E-state index is 0.0256. The highest BCUT2D eigenvalue weighted by atomic mass is 35.5. The number of benzene rings is 2. The zero-order valence-corrected chi connectivity index (χ0v) is 15.9. The van der Waals surface area contributed by atoms with Gasteiger partial charge in [0.2, 0.25) is 0 Å². The maximum atomic E-state index is 12.2. The predicted octanol–water partition coefficient (Wildman–Crippen LogP) is 3.93. The Hall–Kier alpha value is -2.44. The van der Waals surface area contributed by atoms with E-state index in [2.05, 4.69) is 5.10 Å². The van der Waals surface area contributed by atoms with Crippen LogP contribution in [0.5, 0.6) is 0 Å². The molecule has 0 fully saturated rings. The number of para-hydroxylation sites is 1. The molecular weight excluding hydrogens is 372 g/mol. The van der Waals surface area contributed by atoms with E-state index < -0.39 is 16.8 Å². The van der Waals surface area contributed by atoms with Gasteiger partial charge in [0.15, 0.2) is 0 Å². The van der Waals surface area contributed by atoms with Crippen molar-refractivity contribution in [1.29, 1.82) is 0 Å². The maximum Gasteiger partial charge on any atom is 0.338 e. The second kappa shape index (κ2) is 7.85. The molecule has 1 heterocycles. The molecule has 1 unspecified atom stereocenters. The molecule has 2 aromatic carbocycles. The first-order valence-corrected chi connectivity index (χ1v) is 9.81. The summed E-state index contributed by atoms with van der Waals surface area (Å²) in [6.07, 6.45) is 1.59. The van der Waals surface area contributed by atoms with E-state index in [-0.39, 0.29) is 6.61 Å². The van der Waals surface area contributed by atoms with Crippen LogP contribution < -0.4 is 0 Å². The summed E-state index contributed by atoms with van der Waals surface area (Å²) in [6, 6.07) is 16.0. The molecule has 0 saturated carbocycles. The van der Waals surface area contributed by atoms with Gasteiger partial charge >= 0.3 is 5.97 Å². The van der Waals surface area contributed by atoms with Crippen molar-refractivity contribution in [3.63, 3.8) is 0 Å². The van der Waals surface area contributed by atoms with E-state index in [0.29, 0.717) is 26.9 Å². The molecule has 0 amide bonds. The van der Waals surface area contributed by atoms with Crippen LogP contribution in [0.15, 0.2) is 59.5 Å². The van der Waals surface area contributed by atoms with E-state index in [1.807, 2.05) is 37.3 Å². The number of rotatable bonds is 5. The van der Waals surface area contributed by atoms with Crippen molar-refractivity contribution >= 4 is 28.4 Å². The molecule has 26 heavy (non-hydrogen) atoms. The zero-order chi connectivity index (χ0) is 18.7. The first-order chi connectivity index (χ1) is 12.5. The maximum absolute atomic E-state index is 12.2. The van der Waals surface area contributed by atoms with Crippen molar-refractivity contribution in [3.05, 3.63) is 76.6 Å². The number of ether oxygens (including phenoxy) is 1. The van der Waals surface area contributed by atoms with Crippen LogP contribution in [0.4, 0.5) is 0 Å². The Morgan fingerprint density at radius 1 is 1.15 bits per heavy atom. The molecule has 0 aliphatic heterocycles. The van der Waals surface area contributed by atoms with Gasteiger partial charge in [-0.1, -0.05) is 29.8 Å². The summed E-state index contributed by atoms with van der Waals surface area (Å²) in [7, 11) is -1.09. The summed E-state index contributed by atoms with van der Waals surface area (Å²) in [4.78, 5) is 12.9. The van der Waals surface area contributed by atoms with Crippen LogP contribution in [0, 0.1) is 6.92 Å². The Balaban J connectivity index is 1.74. The fourth-order valence-corrected chi connectivity index (χ4v) is 3.29. The van der Waals surface area contributed by atoms with Gasteiger partial charge in [0.05, 0.1) is 16.9 Å². The van der Waals surface area contributed by atoms with Crippen molar-refractivity contribution in [2.45, 2.75) is 18.4 Å².